The van der Waals surface area contributed by atoms with Crippen molar-refractivity contribution in [1.82, 2.24) is 20.2 Å². The van der Waals surface area contributed by atoms with Crippen LogP contribution < -0.4 is 5.32 Å². The van der Waals surface area contributed by atoms with Gasteiger partial charge in [0, 0.05) is 48.7 Å². The highest BCUT2D eigenvalue weighted by Crippen LogP contribution is 2.24. The zero-order chi connectivity index (χ0) is 19.8. The van der Waals surface area contributed by atoms with Crippen LogP contribution in [0.25, 0.3) is 0 Å². The number of nitrogens with one attached hydrogen (secondary N) is 1. The number of carbonyl (C=O) groups excluding carboxylic acids is 2. The molecule has 0 aliphatic carbocycles. The fraction of sp³-hybridized carbons (Fsp3) is 0.400. The zero-order valence-corrected chi connectivity index (χ0v) is 16.3. The molecule has 2 unspecified atom stereocenters. The summed E-state index contributed by atoms with van der Waals surface area (Å²) in [4.78, 5) is 35.7. The fourth-order valence-corrected chi connectivity index (χ4v) is 4.00. The first-order valence-corrected chi connectivity index (χ1v) is 10.3. The molecule has 1 aliphatic heterocycles. The summed E-state index contributed by atoms with van der Waals surface area (Å²) >= 11 is 1.43. The second-order valence-corrected chi connectivity index (χ2v) is 7.62. The van der Waals surface area contributed by atoms with Gasteiger partial charge in [-0.05, 0) is 37.1 Å². The first-order chi connectivity index (χ1) is 13.6. The number of rotatable bonds is 8. The van der Waals surface area contributed by atoms with Crippen molar-refractivity contribution in [2.45, 2.75) is 36.3 Å². The second-order valence-electron chi connectivity index (χ2n) is 6.58. The average molecular weight is 401 g/mol. The summed E-state index contributed by atoms with van der Waals surface area (Å²) in [6.07, 6.45) is 5.86. The average Bonchev–Trinajstić information content (AvgIpc) is 3.23. The number of thioether (sulfide) groups is 1. The monoisotopic (exact) mass is 400 g/mol. The van der Waals surface area contributed by atoms with Crippen LogP contribution in [0.3, 0.4) is 0 Å². The Hall–Kier alpha value is -2.45. The van der Waals surface area contributed by atoms with Crippen LogP contribution in [0.2, 0.25) is 0 Å². The van der Waals surface area contributed by atoms with E-state index in [1.165, 1.54) is 11.8 Å². The van der Waals surface area contributed by atoms with Crippen LogP contribution in [-0.2, 0) is 16.0 Å². The maximum Gasteiger partial charge on any atom is 0.251 e. The predicted octanol–water partition coefficient (Wildman–Crippen LogP) is 1.28. The Morgan fingerprint density at radius 3 is 2.82 bits per heavy atom. The molecule has 0 bridgehead atoms. The number of aliphatic hydroxyl groups excluding tert-OH is 1. The summed E-state index contributed by atoms with van der Waals surface area (Å²) < 4.78 is 0. The molecule has 2 amide bonds. The molecule has 1 saturated heterocycles. The van der Waals surface area contributed by atoms with Gasteiger partial charge in [0.15, 0.2) is 6.10 Å². The van der Waals surface area contributed by atoms with E-state index < -0.39 is 18.1 Å². The number of hydrogen-bond acceptors (Lipinski definition) is 6. The minimum atomic E-state index is -1.22. The number of nitrogens with zero attached hydrogens (tertiary/aromatic N) is 3. The van der Waals surface area contributed by atoms with E-state index in [1.807, 2.05) is 30.3 Å². The number of pyridine rings is 2. The molecule has 2 aromatic heterocycles. The second kappa shape index (κ2) is 10.2. The van der Waals surface area contributed by atoms with Crippen LogP contribution in [-0.4, -0.2) is 62.8 Å². The summed E-state index contributed by atoms with van der Waals surface area (Å²) in [5.74, 6) is -0.235. The first kappa shape index (κ1) is 20.3. The highest BCUT2D eigenvalue weighted by molar-refractivity contribution is 8.00. The van der Waals surface area contributed by atoms with Crippen molar-refractivity contribution >= 4 is 23.6 Å². The van der Waals surface area contributed by atoms with Gasteiger partial charge in [-0.3, -0.25) is 19.6 Å². The van der Waals surface area contributed by atoms with Crippen molar-refractivity contribution in [2.24, 2.45) is 0 Å². The van der Waals surface area contributed by atoms with Crippen molar-refractivity contribution in [3.8, 4) is 0 Å². The highest BCUT2D eigenvalue weighted by Gasteiger charge is 2.37. The third-order valence-corrected chi connectivity index (χ3v) is 5.67. The van der Waals surface area contributed by atoms with Gasteiger partial charge in [-0.25, -0.2) is 0 Å². The van der Waals surface area contributed by atoms with Crippen LogP contribution >= 0.6 is 11.8 Å². The Bertz CT molecular complexity index is 776. The van der Waals surface area contributed by atoms with E-state index in [4.69, 9.17) is 0 Å². The van der Waals surface area contributed by atoms with Crippen molar-refractivity contribution in [2.75, 3.05) is 18.8 Å². The number of hydrogen-bond donors (Lipinski definition) is 2. The van der Waals surface area contributed by atoms with Gasteiger partial charge >= 0.3 is 0 Å². The Kier molecular flexibility index (Phi) is 7.39. The smallest absolute Gasteiger partial charge is 0.251 e. The molecule has 8 heteroatoms. The van der Waals surface area contributed by atoms with Gasteiger partial charge in [-0.1, -0.05) is 6.07 Å². The molecule has 3 heterocycles. The Morgan fingerprint density at radius 2 is 2.07 bits per heavy atom. The molecule has 0 radical (unpaired) electrons. The number of amides is 2. The van der Waals surface area contributed by atoms with Crippen molar-refractivity contribution < 1.29 is 14.7 Å². The quantitative estimate of drug-likeness (QED) is 0.648. The molecule has 0 aromatic carbocycles. The number of aromatic nitrogens is 2. The maximum absolute atomic E-state index is 12.6. The van der Waals surface area contributed by atoms with E-state index in [0.29, 0.717) is 25.9 Å². The Labute approximate surface area is 168 Å². The molecule has 1 aliphatic rings. The van der Waals surface area contributed by atoms with E-state index in [-0.39, 0.29) is 11.7 Å². The molecule has 7 nitrogen and oxygen atoms in total. The fourth-order valence-electron chi connectivity index (χ4n) is 3.23. The molecular formula is C20H24N4O3S. The van der Waals surface area contributed by atoms with Gasteiger partial charge in [0.1, 0.15) is 0 Å². The lowest BCUT2D eigenvalue weighted by atomic mass is 10.1. The van der Waals surface area contributed by atoms with Crippen LogP contribution in [0.4, 0.5) is 0 Å². The SMILES string of the molecule is O=C(NCCc1ccccn1)C(O)C1CCCN1C(=O)CSc1ccncc1. The number of likely N-dealkylation sites (tertiary alicyclic amines) is 1. The third-order valence-electron chi connectivity index (χ3n) is 4.67. The van der Waals surface area contributed by atoms with Crippen LogP contribution in [0.1, 0.15) is 18.5 Å². The van der Waals surface area contributed by atoms with Gasteiger partial charge in [-0.15, -0.1) is 11.8 Å². The Balaban J connectivity index is 1.48. The lowest BCUT2D eigenvalue weighted by molar-refractivity contribution is -0.137. The van der Waals surface area contributed by atoms with Gasteiger partial charge in [0.05, 0.1) is 11.8 Å². The van der Waals surface area contributed by atoms with E-state index in [9.17, 15) is 14.7 Å². The molecule has 0 spiro atoms. The molecule has 1 fully saturated rings. The van der Waals surface area contributed by atoms with Crippen molar-refractivity contribution in [3.63, 3.8) is 0 Å². The first-order valence-electron chi connectivity index (χ1n) is 9.33. The predicted molar refractivity (Wildman–Crippen MR) is 107 cm³/mol. The van der Waals surface area contributed by atoms with Gasteiger partial charge in [0.2, 0.25) is 5.91 Å². The molecule has 2 N–H and O–H groups in total. The lowest BCUT2D eigenvalue weighted by Gasteiger charge is -2.28. The van der Waals surface area contributed by atoms with Crippen LogP contribution in [0.15, 0.2) is 53.8 Å². The summed E-state index contributed by atoms with van der Waals surface area (Å²) in [7, 11) is 0. The number of carbonyl (C=O) groups is 2. The molecule has 148 valence electrons. The van der Waals surface area contributed by atoms with Gasteiger partial charge < -0.3 is 15.3 Å². The summed E-state index contributed by atoms with van der Waals surface area (Å²) in [6, 6.07) is 8.85. The minimum absolute atomic E-state index is 0.0651. The molecule has 2 atom stereocenters. The summed E-state index contributed by atoms with van der Waals surface area (Å²) in [5, 5.41) is 13.2. The number of aliphatic hydroxyl groups is 1. The van der Waals surface area contributed by atoms with E-state index in [2.05, 4.69) is 15.3 Å². The van der Waals surface area contributed by atoms with Gasteiger partial charge in [0.25, 0.3) is 5.91 Å². The van der Waals surface area contributed by atoms with Crippen LogP contribution in [0, 0.1) is 0 Å². The lowest BCUT2D eigenvalue weighted by Crippen LogP contribution is -2.50. The van der Waals surface area contributed by atoms with E-state index in [0.717, 1.165) is 17.0 Å². The molecular weight excluding hydrogens is 376 g/mol. The standard InChI is InChI=1S/C20H24N4O3S/c25-18(14-28-16-7-10-21-11-8-16)24-13-3-5-17(24)19(26)20(27)23-12-6-15-4-1-2-9-22-15/h1-2,4,7-11,17,19,26H,3,5-6,12-14H2,(H,23,27). The Morgan fingerprint density at radius 1 is 1.25 bits per heavy atom. The molecule has 3 rings (SSSR count). The van der Waals surface area contributed by atoms with Gasteiger partial charge in [-0.2, -0.15) is 0 Å². The van der Waals surface area contributed by atoms with E-state index in [1.54, 1.807) is 23.5 Å². The van der Waals surface area contributed by atoms with Crippen molar-refractivity contribution in [1.29, 1.82) is 0 Å². The molecule has 2 aromatic rings. The topological polar surface area (TPSA) is 95.4 Å². The normalized spacial score (nSPS) is 17.3. The minimum Gasteiger partial charge on any atom is -0.381 e. The highest BCUT2D eigenvalue weighted by atomic mass is 32.2. The molecule has 0 saturated carbocycles. The van der Waals surface area contributed by atoms with E-state index >= 15 is 0 Å². The van der Waals surface area contributed by atoms with Crippen LogP contribution in [0.5, 0.6) is 0 Å². The zero-order valence-electron chi connectivity index (χ0n) is 15.5. The van der Waals surface area contributed by atoms with Crippen molar-refractivity contribution in [3.05, 3.63) is 54.6 Å². The molecule has 28 heavy (non-hydrogen) atoms. The summed E-state index contributed by atoms with van der Waals surface area (Å²) in [6.45, 7) is 0.962. The summed E-state index contributed by atoms with van der Waals surface area (Å²) in [5.41, 5.74) is 0.878. The largest absolute Gasteiger partial charge is 0.381 e. The maximum atomic E-state index is 12.6. The third kappa shape index (κ3) is 5.53.